The zero-order valence-electron chi connectivity index (χ0n) is 15.4. The molecular weight excluding hydrogens is 272 g/mol. The van der Waals surface area contributed by atoms with Gasteiger partial charge in [-0.25, -0.2) is 0 Å². The topological polar surface area (TPSA) is 18.5 Å². The smallest absolute Gasteiger partial charge is 0.157 e. The van der Waals surface area contributed by atoms with Crippen molar-refractivity contribution < 1.29 is 9.47 Å². The molecular formula is C20H40O2. The first-order chi connectivity index (χ1) is 10.8. The summed E-state index contributed by atoms with van der Waals surface area (Å²) in [4.78, 5) is 0. The molecule has 0 saturated carbocycles. The largest absolute Gasteiger partial charge is 0.353 e. The summed E-state index contributed by atoms with van der Waals surface area (Å²) in [7, 11) is 0. The van der Waals surface area contributed by atoms with E-state index in [9.17, 15) is 0 Å². The molecule has 0 atom stereocenters. The van der Waals surface area contributed by atoms with E-state index in [1.807, 2.05) is 13.8 Å². The molecule has 0 aliphatic rings. The van der Waals surface area contributed by atoms with Crippen LogP contribution in [-0.4, -0.2) is 19.5 Å². The number of hydrogen-bond donors (Lipinski definition) is 0. The van der Waals surface area contributed by atoms with Crippen molar-refractivity contribution in [3.63, 3.8) is 0 Å². The Morgan fingerprint density at radius 2 is 1.14 bits per heavy atom. The Kier molecular flexibility index (Phi) is 18.4. The van der Waals surface area contributed by atoms with Gasteiger partial charge in [-0.05, 0) is 46.0 Å². The van der Waals surface area contributed by atoms with Crippen LogP contribution in [0.15, 0.2) is 12.2 Å². The van der Waals surface area contributed by atoms with Crippen LogP contribution >= 0.6 is 0 Å². The van der Waals surface area contributed by atoms with E-state index in [1.165, 1.54) is 70.6 Å². The minimum atomic E-state index is 0.0227. The molecule has 0 spiro atoms. The van der Waals surface area contributed by atoms with E-state index in [0.29, 0.717) is 0 Å². The lowest BCUT2D eigenvalue weighted by Crippen LogP contribution is -2.17. The van der Waals surface area contributed by atoms with Crippen molar-refractivity contribution in [3.8, 4) is 0 Å². The normalized spacial score (nSPS) is 11.8. The van der Waals surface area contributed by atoms with E-state index >= 15 is 0 Å². The van der Waals surface area contributed by atoms with Gasteiger partial charge in [0.15, 0.2) is 6.29 Å². The highest BCUT2D eigenvalue weighted by molar-refractivity contribution is 4.81. The summed E-state index contributed by atoms with van der Waals surface area (Å²) in [6.07, 6.45) is 20.4. The molecule has 0 fully saturated rings. The number of hydrogen-bond acceptors (Lipinski definition) is 2. The molecule has 0 heterocycles. The molecule has 132 valence electrons. The Morgan fingerprint density at radius 3 is 1.68 bits per heavy atom. The van der Waals surface area contributed by atoms with Gasteiger partial charge in [-0.15, -0.1) is 0 Å². The van der Waals surface area contributed by atoms with E-state index < -0.39 is 0 Å². The van der Waals surface area contributed by atoms with E-state index in [4.69, 9.17) is 9.47 Å². The summed E-state index contributed by atoms with van der Waals surface area (Å²) in [6.45, 7) is 7.81. The molecule has 0 aromatic rings. The fraction of sp³-hybridized carbons (Fsp3) is 0.900. The fourth-order valence-corrected chi connectivity index (χ4v) is 2.60. The second-order valence-corrected chi connectivity index (χ2v) is 6.01. The second kappa shape index (κ2) is 18.7. The summed E-state index contributed by atoms with van der Waals surface area (Å²) in [5, 5.41) is 0. The summed E-state index contributed by atoms with van der Waals surface area (Å²) < 4.78 is 11.1. The molecule has 0 aromatic heterocycles. The number of allylic oxidation sites excluding steroid dienone is 2. The molecule has 0 unspecified atom stereocenters. The quantitative estimate of drug-likeness (QED) is 0.170. The summed E-state index contributed by atoms with van der Waals surface area (Å²) in [5.41, 5.74) is 0. The van der Waals surface area contributed by atoms with Gasteiger partial charge in [0.25, 0.3) is 0 Å². The maximum atomic E-state index is 5.56. The Morgan fingerprint density at radius 1 is 0.636 bits per heavy atom. The number of rotatable bonds is 17. The maximum absolute atomic E-state index is 5.56. The molecule has 0 N–H and O–H groups in total. The van der Waals surface area contributed by atoms with Crippen LogP contribution in [0.5, 0.6) is 0 Å². The molecule has 0 bridgehead atoms. The van der Waals surface area contributed by atoms with Crippen molar-refractivity contribution in [1.82, 2.24) is 0 Å². The number of unbranched alkanes of at least 4 members (excludes halogenated alkanes) is 9. The molecule has 2 nitrogen and oxygen atoms in total. The van der Waals surface area contributed by atoms with Gasteiger partial charge in [-0.3, -0.25) is 0 Å². The number of ether oxygens (including phenoxy) is 2. The lowest BCUT2D eigenvalue weighted by Gasteiger charge is -2.16. The van der Waals surface area contributed by atoms with Crippen LogP contribution in [0.4, 0.5) is 0 Å². The van der Waals surface area contributed by atoms with Crippen molar-refractivity contribution in [3.05, 3.63) is 12.2 Å². The van der Waals surface area contributed by atoms with E-state index in [1.54, 1.807) is 0 Å². The molecule has 0 saturated heterocycles. The predicted octanol–water partition coefficient (Wildman–Crippen LogP) is 6.64. The third-order valence-corrected chi connectivity index (χ3v) is 3.91. The third kappa shape index (κ3) is 16.0. The molecule has 0 amide bonds. The van der Waals surface area contributed by atoms with Gasteiger partial charge < -0.3 is 9.47 Å². The van der Waals surface area contributed by atoms with Gasteiger partial charge in [-0.1, -0.05) is 64.0 Å². The first kappa shape index (κ1) is 21.7. The fourth-order valence-electron chi connectivity index (χ4n) is 2.60. The van der Waals surface area contributed by atoms with Gasteiger partial charge in [0.05, 0.1) is 0 Å². The van der Waals surface area contributed by atoms with E-state index in [-0.39, 0.29) is 6.29 Å². The average molecular weight is 313 g/mol. The highest BCUT2D eigenvalue weighted by Gasteiger charge is 2.06. The molecule has 0 radical (unpaired) electrons. The van der Waals surface area contributed by atoms with Crippen molar-refractivity contribution in [1.29, 1.82) is 0 Å². The van der Waals surface area contributed by atoms with Crippen LogP contribution in [-0.2, 0) is 9.47 Å². The Bertz CT molecular complexity index is 220. The lowest BCUT2D eigenvalue weighted by atomic mass is 10.1. The second-order valence-electron chi connectivity index (χ2n) is 6.01. The Balaban J connectivity index is 3.24. The summed E-state index contributed by atoms with van der Waals surface area (Å²) in [6, 6.07) is 0. The van der Waals surface area contributed by atoms with E-state index in [0.717, 1.165) is 19.6 Å². The molecule has 0 rings (SSSR count). The molecule has 0 aliphatic heterocycles. The minimum absolute atomic E-state index is 0.0227. The third-order valence-electron chi connectivity index (χ3n) is 3.91. The van der Waals surface area contributed by atoms with Crippen molar-refractivity contribution in [2.45, 2.75) is 104 Å². The van der Waals surface area contributed by atoms with Crippen molar-refractivity contribution >= 4 is 0 Å². The van der Waals surface area contributed by atoms with Gasteiger partial charge >= 0.3 is 0 Å². The van der Waals surface area contributed by atoms with Crippen LogP contribution in [0.2, 0.25) is 0 Å². The molecule has 0 aliphatic carbocycles. The van der Waals surface area contributed by atoms with Crippen molar-refractivity contribution in [2.24, 2.45) is 0 Å². The van der Waals surface area contributed by atoms with Crippen LogP contribution < -0.4 is 0 Å². The Hall–Kier alpha value is -0.340. The molecule has 2 heteroatoms. The SMILES string of the molecule is CCCC/C=C/CCCCCCCCCC(OCC)OCC. The van der Waals surface area contributed by atoms with Gasteiger partial charge in [0.1, 0.15) is 0 Å². The molecule has 0 aromatic carbocycles. The lowest BCUT2D eigenvalue weighted by molar-refractivity contribution is -0.140. The van der Waals surface area contributed by atoms with E-state index in [2.05, 4.69) is 19.1 Å². The van der Waals surface area contributed by atoms with Crippen molar-refractivity contribution in [2.75, 3.05) is 13.2 Å². The summed E-state index contributed by atoms with van der Waals surface area (Å²) in [5.74, 6) is 0. The van der Waals surface area contributed by atoms with Gasteiger partial charge in [0.2, 0.25) is 0 Å². The average Bonchev–Trinajstić information content (AvgIpc) is 2.52. The molecule has 22 heavy (non-hydrogen) atoms. The standard InChI is InChI=1S/C20H40O2/c1-4-7-8-9-10-11-12-13-14-15-16-17-18-19-20(21-5-2)22-6-3/h9-10,20H,4-8,11-19H2,1-3H3/b10-9+. The highest BCUT2D eigenvalue weighted by Crippen LogP contribution is 2.13. The predicted molar refractivity (Wildman–Crippen MR) is 97.3 cm³/mol. The Labute approximate surface area is 139 Å². The van der Waals surface area contributed by atoms with Crippen LogP contribution in [0.3, 0.4) is 0 Å². The zero-order valence-corrected chi connectivity index (χ0v) is 15.4. The zero-order chi connectivity index (χ0) is 16.3. The monoisotopic (exact) mass is 312 g/mol. The summed E-state index contributed by atoms with van der Waals surface area (Å²) >= 11 is 0. The van der Waals surface area contributed by atoms with Crippen LogP contribution in [0, 0.1) is 0 Å². The van der Waals surface area contributed by atoms with Gasteiger partial charge in [-0.2, -0.15) is 0 Å². The van der Waals surface area contributed by atoms with Crippen LogP contribution in [0.25, 0.3) is 0 Å². The first-order valence-electron chi connectivity index (χ1n) is 9.73. The first-order valence-corrected chi connectivity index (χ1v) is 9.73. The highest BCUT2D eigenvalue weighted by atomic mass is 16.7. The van der Waals surface area contributed by atoms with Crippen LogP contribution in [0.1, 0.15) is 97.8 Å². The van der Waals surface area contributed by atoms with Gasteiger partial charge in [0, 0.05) is 13.2 Å². The maximum Gasteiger partial charge on any atom is 0.157 e. The minimum Gasteiger partial charge on any atom is -0.353 e.